The van der Waals surface area contributed by atoms with Gasteiger partial charge in [0.15, 0.2) is 0 Å². The lowest BCUT2D eigenvalue weighted by molar-refractivity contribution is 0.198. The van der Waals surface area contributed by atoms with Crippen LogP contribution in [0.1, 0.15) is 29.7 Å². The molecule has 1 aliphatic rings. The summed E-state index contributed by atoms with van der Waals surface area (Å²) in [6.07, 6.45) is 3.14. The van der Waals surface area contributed by atoms with Crippen molar-refractivity contribution in [1.82, 2.24) is 15.2 Å². The summed E-state index contributed by atoms with van der Waals surface area (Å²) < 4.78 is 0. The highest BCUT2D eigenvalue weighted by molar-refractivity contribution is 5.79. The van der Waals surface area contributed by atoms with E-state index in [0.717, 1.165) is 38.1 Å². The third-order valence-corrected chi connectivity index (χ3v) is 5.15. The van der Waals surface area contributed by atoms with Crippen molar-refractivity contribution in [3.05, 3.63) is 77.5 Å². The molecule has 1 fully saturated rings. The van der Waals surface area contributed by atoms with Crippen molar-refractivity contribution in [3.63, 3.8) is 0 Å². The maximum absolute atomic E-state index is 4.71. The molecule has 2 aromatic carbocycles. The minimum atomic E-state index is 0.269. The van der Waals surface area contributed by atoms with Crippen LogP contribution >= 0.6 is 0 Å². The van der Waals surface area contributed by atoms with E-state index in [1.165, 1.54) is 22.1 Å². The molecule has 3 aromatic rings. The molecular formula is C22H25N3. The van der Waals surface area contributed by atoms with E-state index < -0.39 is 0 Å². The summed E-state index contributed by atoms with van der Waals surface area (Å²) in [4.78, 5) is 7.29. The number of benzene rings is 2. The van der Waals surface area contributed by atoms with Gasteiger partial charge in [-0.3, -0.25) is 9.88 Å². The van der Waals surface area contributed by atoms with E-state index in [-0.39, 0.29) is 6.04 Å². The zero-order chi connectivity index (χ0) is 17.1. The first-order valence-corrected chi connectivity index (χ1v) is 9.23. The Hall–Kier alpha value is -2.23. The van der Waals surface area contributed by atoms with E-state index in [0.29, 0.717) is 0 Å². The minimum Gasteiger partial charge on any atom is -0.314 e. The molecule has 0 aliphatic carbocycles. The quantitative estimate of drug-likeness (QED) is 0.788. The van der Waals surface area contributed by atoms with Crippen LogP contribution in [0.3, 0.4) is 0 Å². The molecule has 1 aromatic heterocycles. The first-order valence-electron chi connectivity index (χ1n) is 9.23. The summed E-state index contributed by atoms with van der Waals surface area (Å²) in [5.74, 6) is 0. The Labute approximate surface area is 149 Å². The number of hydrogen-bond donors (Lipinski definition) is 1. The molecule has 0 spiro atoms. The SMILES string of the molecule is CCc1ccc(C(c2cnc3ccccc3c2)N2CCNCC2)cc1. The van der Waals surface area contributed by atoms with E-state index in [1.54, 1.807) is 0 Å². The molecule has 1 saturated heterocycles. The van der Waals surface area contributed by atoms with Crippen LogP contribution in [0.15, 0.2) is 60.8 Å². The highest BCUT2D eigenvalue weighted by atomic mass is 15.2. The largest absolute Gasteiger partial charge is 0.314 e. The van der Waals surface area contributed by atoms with Crippen molar-refractivity contribution in [1.29, 1.82) is 0 Å². The molecule has 3 nitrogen and oxygen atoms in total. The predicted octanol–water partition coefficient (Wildman–Crippen LogP) is 3.79. The lowest BCUT2D eigenvalue weighted by Crippen LogP contribution is -2.45. The molecule has 1 unspecified atom stereocenters. The lowest BCUT2D eigenvalue weighted by Gasteiger charge is -2.35. The highest BCUT2D eigenvalue weighted by Gasteiger charge is 2.24. The standard InChI is InChI=1S/C22H25N3/c1-2-17-7-9-18(10-8-17)22(25-13-11-23-12-14-25)20-15-19-5-3-4-6-21(19)24-16-20/h3-10,15-16,22-23H,2,11-14H2,1H3. The zero-order valence-corrected chi connectivity index (χ0v) is 14.8. The fourth-order valence-corrected chi connectivity index (χ4v) is 3.73. The Morgan fingerprint density at radius 1 is 1.00 bits per heavy atom. The van der Waals surface area contributed by atoms with Crippen LogP contribution in [0.5, 0.6) is 0 Å². The smallest absolute Gasteiger partial charge is 0.0702 e. The molecule has 128 valence electrons. The topological polar surface area (TPSA) is 28.2 Å². The Morgan fingerprint density at radius 3 is 2.52 bits per heavy atom. The molecule has 1 aliphatic heterocycles. The van der Waals surface area contributed by atoms with Gasteiger partial charge >= 0.3 is 0 Å². The molecule has 0 bridgehead atoms. The van der Waals surface area contributed by atoms with Gasteiger partial charge in [0.05, 0.1) is 11.6 Å². The third-order valence-electron chi connectivity index (χ3n) is 5.15. The molecule has 1 atom stereocenters. The molecule has 2 heterocycles. The van der Waals surface area contributed by atoms with Crippen molar-refractivity contribution in [3.8, 4) is 0 Å². The van der Waals surface area contributed by atoms with E-state index in [9.17, 15) is 0 Å². The second kappa shape index (κ2) is 7.34. The molecule has 25 heavy (non-hydrogen) atoms. The van der Waals surface area contributed by atoms with Gasteiger partial charge < -0.3 is 5.32 Å². The summed E-state index contributed by atoms with van der Waals surface area (Å²) in [7, 11) is 0. The summed E-state index contributed by atoms with van der Waals surface area (Å²) in [6, 6.07) is 20.1. The van der Waals surface area contributed by atoms with Crippen LogP contribution in [0.25, 0.3) is 10.9 Å². The van der Waals surface area contributed by atoms with E-state index in [1.807, 2.05) is 6.07 Å². The average Bonchev–Trinajstić information content (AvgIpc) is 2.69. The molecular weight excluding hydrogens is 306 g/mol. The van der Waals surface area contributed by atoms with Crippen molar-refractivity contribution in [2.24, 2.45) is 0 Å². The normalized spacial score (nSPS) is 16.8. The number of piperazine rings is 1. The van der Waals surface area contributed by atoms with Crippen molar-refractivity contribution in [2.45, 2.75) is 19.4 Å². The second-order valence-corrected chi connectivity index (χ2v) is 6.74. The highest BCUT2D eigenvalue weighted by Crippen LogP contribution is 2.30. The number of hydrogen-bond acceptors (Lipinski definition) is 3. The molecule has 0 saturated carbocycles. The van der Waals surface area contributed by atoms with Gasteiger partial charge in [-0.1, -0.05) is 49.4 Å². The van der Waals surface area contributed by atoms with Crippen LogP contribution in [-0.2, 0) is 6.42 Å². The maximum Gasteiger partial charge on any atom is 0.0702 e. The molecule has 0 radical (unpaired) electrons. The van der Waals surface area contributed by atoms with Crippen LogP contribution in [-0.4, -0.2) is 36.1 Å². The van der Waals surface area contributed by atoms with Crippen LogP contribution in [0, 0.1) is 0 Å². The molecule has 0 amide bonds. The first-order chi connectivity index (χ1) is 12.3. The Bertz CT molecular complexity index is 835. The van der Waals surface area contributed by atoms with E-state index in [4.69, 9.17) is 4.98 Å². The van der Waals surface area contributed by atoms with Gasteiger partial charge in [-0.15, -0.1) is 0 Å². The lowest BCUT2D eigenvalue weighted by atomic mass is 9.95. The fraction of sp³-hybridized carbons (Fsp3) is 0.318. The summed E-state index contributed by atoms with van der Waals surface area (Å²) in [6.45, 7) is 6.42. The van der Waals surface area contributed by atoms with Gasteiger partial charge in [0.25, 0.3) is 0 Å². The summed E-state index contributed by atoms with van der Waals surface area (Å²) >= 11 is 0. The first kappa shape index (κ1) is 16.2. The number of aryl methyl sites for hydroxylation is 1. The number of fused-ring (bicyclic) bond motifs is 1. The average molecular weight is 331 g/mol. The number of rotatable bonds is 4. The van der Waals surface area contributed by atoms with Crippen molar-refractivity contribution >= 4 is 10.9 Å². The van der Waals surface area contributed by atoms with Crippen LogP contribution in [0.4, 0.5) is 0 Å². The Kier molecular flexibility index (Phi) is 4.77. The van der Waals surface area contributed by atoms with Gasteiger partial charge in [0, 0.05) is 37.8 Å². The monoisotopic (exact) mass is 331 g/mol. The van der Waals surface area contributed by atoms with Gasteiger partial charge in [-0.25, -0.2) is 0 Å². The zero-order valence-electron chi connectivity index (χ0n) is 14.8. The van der Waals surface area contributed by atoms with E-state index >= 15 is 0 Å². The second-order valence-electron chi connectivity index (χ2n) is 6.74. The Balaban J connectivity index is 1.77. The number of aromatic nitrogens is 1. The molecule has 1 N–H and O–H groups in total. The summed E-state index contributed by atoms with van der Waals surface area (Å²) in [5.41, 5.74) is 5.09. The minimum absolute atomic E-state index is 0.269. The number of nitrogens with one attached hydrogen (secondary N) is 1. The van der Waals surface area contributed by atoms with E-state index in [2.05, 4.69) is 71.9 Å². The number of para-hydroxylation sites is 1. The van der Waals surface area contributed by atoms with Gasteiger partial charge in [0.2, 0.25) is 0 Å². The fourth-order valence-electron chi connectivity index (χ4n) is 3.73. The predicted molar refractivity (Wildman–Crippen MR) is 104 cm³/mol. The number of pyridine rings is 1. The van der Waals surface area contributed by atoms with Gasteiger partial charge in [-0.05, 0) is 35.2 Å². The van der Waals surface area contributed by atoms with Crippen LogP contribution in [0.2, 0.25) is 0 Å². The summed E-state index contributed by atoms with van der Waals surface area (Å²) in [5, 5.41) is 4.68. The van der Waals surface area contributed by atoms with Crippen molar-refractivity contribution in [2.75, 3.05) is 26.2 Å². The molecule has 3 heteroatoms. The number of nitrogens with zero attached hydrogens (tertiary/aromatic N) is 2. The van der Waals surface area contributed by atoms with Gasteiger partial charge in [-0.2, -0.15) is 0 Å². The van der Waals surface area contributed by atoms with Crippen molar-refractivity contribution < 1.29 is 0 Å². The molecule has 4 rings (SSSR count). The van der Waals surface area contributed by atoms with Crippen LogP contribution < -0.4 is 5.32 Å². The van der Waals surface area contributed by atoms with Gasteiger partial charge in [0.1, 0.15) is 0 Å². The third kappa shape index (κ3) is 3.44. The Morgan fingerprint density at radius 2 is 1.76 bits per heavy atom. The maximum atomic E-state index is 4.71.